The number of rotatable bonds is 4. The molecule has 0 amide bonds. The van der Waals surface area contributed by atoms with Gasteiger partial charge in [0.15, 0.2) is 5.66 Å². The molecule has 0 heterocycles. The topological polar surface area (TPSA) is 32.7 Å². The van der Waals surface area contributed by atoms with Crippen molar-refractivity contribution in [2.75, 3.05) is 14.1 Å². The van der Waals surface area contributed by atoms with Crippen LogP contribution in [0.3, 0.4) is 0 Å². The molecule has 1 aromatic carbocycles. The molecule has 0 radical (unpaired) electrons. The van der Waals surface area contributed by atoms with E-state index in [9.17, 15) is 4.91 Å². The second-order valence-corrected chi connectivity index (χ2v) is 4.85. The molecule has 0 fully saturated rings. The largest absolute Gasteiger partial charge is 0.279 e. The molecule has 1 unspecified atom stereocenters. The fraction of sp³-hybridized carbons (Fsp3) is 0.250. The second-order valence-electron chi connectivity index (χ2n) is 4.85. The van der Waals surface area contributed by atoms with Crippen LogP contribution in [0.1, 0.15) is 12.0 Å². The van der Waals surface area contributed by atoms with Gasteiger partial charge in [0, 0.05) is 6.42 Å². The zero-order valence-corrected chi connectivity index (χ0v) is 11.3. The fourth-order valence-electron chi connectivity index (χ4n) is 2.00. The van der Waals surface area contributed by atoms with E-state index in [4.69, 9.17) is 0 Å². The molecule has 0 aliphatic heterocycles. The van der Waals surface area contributed by atoms with Crippen molar-refractivity contribution in [2.24, 2.45) is 5.18 Å². The normalized spacial score (nSPS) is 22.8. The number of hydrogen-bond donors (Lipinski definition) is 0. The lowest BCUT2D eigenvalue weighted by molar-refractivity contribution is 0.216. The molecule has 98 valence electrons. The average Bonchev–Trinajstić information content (AvgIpc) is 2.46. The van der Waals surface area contributed by atoms with Crippen LogP contribution in [0.2, 0.25) is 0 Å². The highest BCUT2D eigenvalue weighted by atomic mass is 16.3. The Morgan fingerprint density at radius 3 is 2.47 bits per heavy atom. The summed E-state index contributed by atoms with van der Waals surface area (Å²) >= 11 is 0. The Balaban J connectivity index is 2.09. The van der Waals surface area contributed by atoms with Crippen molar-refractivity contribution in [3.63, 3.8) is 0 Å². The van der Waals surface area contributed by atoms with Gasteiger partial charge in [0.25, 0.3) is 0 Å². The monoisotopic (exact) mass is 254 g/mol. The third kappa shape index (κ3) is 3.06. The SMILES string of the molecule is CN(C)C1(N=O)C=CC(C=Cc2ccccc2)=CC1. The molecular formula is C16H18N2O. The van der Waals surface area contributed by atoms with Crippen molar-refractivity contribution < 1.29 is 0 Å². The van der Waals surface area contributed by atoms with Gasteiger partial charge in [0.05, 0.1) is 0 Å². The lowest BCUT2D eigenvalue weighted by atomic mass is 9.96. The quantitative estimate of drug-likeness (QED) is 0.769. The molecular weight excluding hydrogens is 236 g/mol. The fourth-order valence-corrected chi connectivity index (χ4v) is 2.00. The molecule has 0 bridgehead atoms. The van der Waals surface area contributed by atoms with E-state index in [0.717, 1.165) is 11.1 Å². The van der Waals surface area contributed by atoms with Crippen molar-refractivity contribution in [1.82, 2.24) is 4.90 Å². The van der Waals surface area contributed by atoms with Crippen LogP contribution in [0.15, 0.2) is 65.4 Å². The smallest absolute Gasteiger partial charge is 0.177 e. The van der Waals surface area contributed by atoms with Crippen molar-refractivity contribution in [3.8, 4) is 0 Å². The molecule has 3 nitrogen and oxygen atoms in total. The molecule has 0 aromatic heterocycles. The van der Waals surface area contributed by atoms with Gasteiger partial charge in [0.1, 0.15) is 0 Å². The van der Waals surface area contributed by atoms with E-state index in [1.165, 1.54) is 0 Å². The van der Waals surface area contributed by atoms with Gasteiger partial charge < -0.3 is 0 Å². The number of nitrogens with zero attached hydrogens (tertiary/aromatic N) is 2. The van der Waals surface area contributed by atoms with E-state index in [2.05, 4.69) is 29.5 Å². The van der Waals surface area contributed by atoms with Crippen LogP contribution in [-0.2, 0) is 0 Å². The first-order chi connectivity index (χ1) is 9.16. The predicted octanol–water partition coefficient (Wildman–Crippen LogP) is 3.61. The minimum absolute atomic E-state index is 0.606. The molecule has 1 atom stereocenters. The molecule has 19 heavy (non-hydrogen) atoms. The summed E-state index contributed by atoms with van der Waals surface area (Å²) in [6.45, 7) is 0. The van der Waals surface area contributed by atoms with Gasteiger partial charge in [-0.05, 0) is 36.5 Å². The molecule has 3 heteroatoms. The third-order valence-electron chi connectivity index (χ3n) is 3.38. The molecule has 1 aliphatic carbocycles. The summed E-state index contributed by atoms with van der Waals surface area (Å²) in [4.78, 5) is 12.9. The van der Waals surface area contributed by atoms with Crippen molar-refractivity contribution >= 4 is 6.08 Å². The highest BCUT2D eigenvalue weighted by Gasteiger charge is 2.31. The second kappa shape index (κ2) is 5.76. The molecule has 0 saturated carbocycles. The Morgan fingerprint density at radius 1 is 1.21 bits per heavy atom. The summed E-state index contributed by atoms with van der Waals surface area (Å²) < 4.78 is 0. The summed E-state index contributed by atoms with van der Waals surface area (Å²) in [7, 11) is 3.73. The maximum atomic E-state index is 11.0. The van der Waals surface area contributed by atoms with E-state index in [0.29, 0.717) is 6.42 Å². The van der Waals surface area contributed by atoms with Crippen LogP contribution in [0.4, 0.5) is 0 Å². The molecule has 0 spiro atoms. The Labute approximate surface area is 113 Å². The molecule has 0 N–H and O–H groups in total. The predicted molar refractivity (Wildman–Crippen MR) is 79.5 cm³/mol. The Bertz CT molecular complexity index is 529. The lowest BCUT2D eigenvalue weighted by Crippen LogP contribution is -2.40. The summed E-state index contributed by atoms with van der Waals surface area (Å²) in [5.41, 5.74) is 1.53. The Morgan fingerprint density at radius 2 is 1.95 bits per heavy atom. The van der Waals surface area contributed by atoms with Gasteiger partial charge in [-0.3, -0.25) is 4.90 Å². The maximum Gasteiger partial charge on any atom is 0.177 e. The summed E-state index contributed by atoms with van der Waals surface area (Å²) in [6, 6.07) is 10.1. The number of allylic oxidation sites excluding steroid dienone is 3. The van der Waals surface area contributed by atoms with Crippen LogP contribution < -0.4 is 0 Å². The number of likely N-dealkylation sites (N-methyl/N-ethyl adjacent to an activating group) is 1. The minimum Gasteiger partial charge on any atom is -0.279 e. The van der Waals surface area contributed by atoms with Gasteiger partial charge >= 0.3 is 0 Å². The van der Waals surface area contributed by atoms with Crippen molar-refractivity contribution in [1.29, 1.82) is 0 Å². The van der Waals surface area contributed by atoms with Gasteiger partial charge in [-0.25, -0.2) is 0 Å². The van der Waals surface area contributed by atoms with E-state index < -0.39 is 5.66 Å². The average molecular weight is 254 g/mol. The van der Waals surface area contributed by atoms with Crippen molar-refractivity contribution in [2.45, 2.75) is 12.1 Å². The number of hydrogen-bond acceptors (Lipinski definition) is 3. The zero-order chi connectivity index (χ0) is 13.7. The van der Waals surface area contributed by atoms with Gasteiger partial charge in [0.2, 0.25) is 0 Å². The number of benzene rings is 1. The first-order valence-electron chi connectivity index (χ1n) is 6.31. The lowest BCUT2D eigenvalue weighted by Gasteiger charge is -2.31. The van der Waals surface area contributed by atoms with Gasteiger partial charge in [-0.1, -0.05) is 54.6 Å². The van der Waals surface area contributed by atoms with E-state index in [1.807, 2.05) is 55.4 Å². The van der Waals surface area contributed by atoms with Crippen LogP contribution in [-0.4, -0.2) is 24.7 Å². The van der Waals surface area contributed by atoms with Crippen LogP contribution in [0.25, 0.3) is 6.08 Å². The third-order valence-corrected chi connectivity index (χ3v) is 3.38. The number of nitroso groups, excluding NO2 is 1. The van der Waals surface area contributed by atoms with E-state index in [-0.39, 0.29) is 0 Å². The van der Waals surface area contributed by atoms with Crippen LogP contribution in [0, 0.1) is 4.91 Å². The first-order valence-corrected chi connectivity index (χ1v) is 6.31. The molecule has 1 aliphatic rings. The van der Waals surface area contributed by atoms with Gasteiger partial charge in [-0.15, -0.1) is 4.91 Å². The Hall–Kier alpha value is -2.00. The first kappa shape index (κ1) is 13.4. The summed E-state index contributed by atoms with van der Waals surface area (Å²) in [5.74, 6) is 0. The van der Waals surface area contributed by atoms with E-state index in [1.54, 1.807) is 0 Å². The molecule has 2 rings (SSSR count). The van der Waals surface area contributed by atoms with Crippen LogP contribution in [0.5, 0.6) is 0 Å². The van der Waals surface area contributed by atoms with Crippen molar-refractivity contribution in [3.05, 3.63) is 70.7 Å². The highest BCUT2D eigenvalue weighted by Crippen LogP contribution is 2.27. The van der Waals surface area contributed by atoms with Gasteiger partial charge in [-0.2, -0.15) is 0 Å². The van der Waals surface area contributed by atoms with E-state index >= 15 is 0 Å². The summed E-state index contributed by atoms with van der Waals surface area (Å²) in [6.07, 6.45) is 10.6. The maximum absolute atomic E-state index is 11.0. The standard InChI is InChI=1S/C16H18N2O/c1-18(2)16(17-19)12-10-15(11-13-16)9-8-14-6-4-3-5-7-14/h3-12H,13H2,1-2H3. The minimum atomic E-state index is -0.732. The summed E-state index contributed by atoms with van der Waals surface area (Å²) in [5, 5.41) is 3.25. The molecule has 1 aromatic rings. The van der Waals surface area contributed by atoms with Crippen LogP contribution >= 0.6 is 0 Å². The highest BCUT2D eigenvalue weighted by molar-refractivity contribution is 5.55. The molecule has 0 saturated heterocycles. The zero-order valence-electron chi connectivity index (χ0n) is 11.3. The Kier molecular flexibility index (Phi) is 4.07.